The lowest BCUT2D eigenvalue weighted by molar-refractivity contribution is -0.107. The average molecular weight is 343 g/mol. The van der Waals surface area contributed by atoms with Crippen molar-refractivity contribution in [2.75, 3.05) is 0 Å². The maximum absolute atomic E-state index is 10.1. The highest BCUT2D eigenvalue weighted by Gasteiger charge is 2.58. The van der Waals surface area contributed by atoms with Crippen LogP contribution in [-0.2, 0) is 0 Å². The normalized spacial score (nSPS) is 49.3. The molecule has 2 unspecified atom stereocenters. The lowest BCUT2D eigenvalue weighted by Crippen LogP contribution is -2.52. The first kappa shape index (κ1) is 16.3. The number of furan rings is 1. The van der Waals surface area contributed by atoms with E-state index in [9.17, 15) is 5.11 Å². The minimum atomic E-state index is 0.173. The molecule has 0 saturated heterocycles. The van der Waals surface area contributed by atoms with Gasteiger partial charge in [-0.3, -0.25) is 0 Å². The van der Waals surface area contributed by atoms with E-state index in [4.69, 9.17) is 4.42 Å². The summed E-state index contributed by atoms with van der Waals surface area (Å²) in [5.41, 5.74) is 2.20. The van der Waals surface area contributed by atoms with E-state index in [0.29, 0.717) is 16.7 Å². The summed E-state index contributed by atoms with van der Waals surface area (Å²) in [5.74, 6) is 4.46. The van der Waals surface area contributed by atoms with Gasteiger partial charge >= 0.3 is 0 Å². The Balaban J connectivity index is 1.45. The van der Waals surface area contributed by atoms with E-state index in [1.807, 2.05) is 6.07 Å². The van der Waals surface area contributed by atoms with Crippen LogP contribution in [0.2, 0.25) is 0 Å². The molecule has 0 aromatic carbocycles. The monoisotopic (exact) mass is 342 g/mol. The van der Waals surface area contributed by atoms with Crippen molar-refractivity contribution < 1.29 is 9.52 Å². The van der Waals surface area contributed by atoms with E-state index in [0.717, 1.165) is 29.2 Å². The Bertz CT molecular complexity index is 648. The Kier molecular flexibility index (Phi) is 3.60. The molecule has 138 valence electrons. The zero-order valence-electron chi connectivity index (χ0n) is 16.0. The van der Waals surface area contributed by atoms with Crippen molar-refractivity contribution in [2.24, 2.45) is 34.5 Å². The number of rotatable bonds is 1. The van der Waals surface area contributed by atoms with Crippen LogP contribution in [0.4, 0.5) is 0 Å². The first-order chi connectivity index (χ1) is 12.0. The Morgan fingerprint density at radius 2 is 1.84 bits per heavy atom. The van der Waals surface area contributed by atoms with E-state index in [2.05, 4.69) is 13.8 Å². The molecule has 5 rings (SSSR count). The Hall–Kier alpha value is -0.920. The van der Waals surface area contributed by atoms with Gasteiger partial charge in [-0.2, -0.15) is 0 Å². The molecule has 0 bridgehead atoms. The van der Waals surface area contributed by atoms with Crippen LogP contribution in [0.3, 0.4) is 0 Å². The maximum Gasteiger partial charge on any atom is 0.285 e. The van der Waals surface area contributed by atoms with E-state index in [1.165, 1.54) is 64.2 Å². The van der Waals surface area contributed by atoms with Gasteiger partial charge < -0.3 is 9.52 Å². The van der Waals surface area contributed by atoms with Gasteiger partial charge in [0.05, 0.1) is 6.26 Å². The first-order valence-electron chi connectivity index (χ1n) is 10.8. The minimum Gasteiger partial charge on any atom is -0.481 e. The van der Waals surface area contributed by atoms with Gasteiger partial charge in [0.25, 0.3) is 5.95 Å². The topological polar surface area (TPSA) is 33.4 Å². The molecule has 2 heteroatoms. The predicted octanol–water partition coefficient (Wildman–Crippen LogP) is 6.50. The highest BCUT2D eigenvalue weighted by molar-refractivity contribution is 5.27. The number of hydrogen-bond donors (Lipinski definition) is 1. The van der Waals surface area contributed by atoms with Crippen molar-refractivity contribution in [2.45, 2.75) is 84.0 Å². The molecule has 0 spiro atoms. The second kappa shape index (κ2) is 5.54. The zero-order chi connectivity index (χ0) is 17.2. The number of fused-ring (bicyclic) bond motifs is 5. The highest BCUT2D eigenvalue weighted by Crippen LogP contribution is 2.67. The molecule has 2 nitrogen and oxygen atoms in total. The molecule has 7 atom stereocenters. The zero-order valence-corrected chi connectivity index (χ0v) is 16.0. The Labute approximate surface area is 152 Å². The molecule has 0 radical (unpaired) electrons. The fourth-order valence-corrected chi connectivity index (χ4v) is 8.24. The SMILES string of the molecule is C[C@@]12CCC[C@H]1[C@@H]1CCC3CCC(c4ccoc4O)C[C@]3(C)[C@@H]1CC2. The average Bonchev–Trinajstić information content (AvgIpc) is 3.19. The molecule has 1 aromatic heterocycles. The first-order valence-corrected chi connectivity index (χ1v) is 10.8. The lowest BCUT2D eigenvalue weighted by atomic mass is 9.44. The summed E-state index contributed by atoms with van der Waals surface area (Å²) in [7, 11) is 0. The van der Waals surface area contributed by atoms with Crippen LogP contribution in [0.1, 0.15) is 89.5 Å². The van der Waals surface area contributed by atoms with Crippen LogP contribution in [0.25, 0.3) is 0 Å². The molecule has 0 aliphatic heterocycles. The van der Waals surface area contributed by atoms with E-state index < -0.39 is 0 Å². The highest BCUT2D eigenvalue weighted by atomic mass is 16.5. The van der Waals surface area contributed by atoms with Crippen molar-refractivity contribution in [3.63, 3.8) is 0 Å². The third-order valence-corrected chi connectivity index (χ3v) is 9.51. The summed E-state index contributed by atoms with van der Waals surface area (Å²) >= 11 is 0. The third-order valence-electron chi connectivity index (χ3n) is 9.51. The van der Waals surface area contributed by atoms with Crippen LogP contribution in [0.15, 0.2) is 16.7 Å². The van der Waals surface area contributed by atoms with E-state index in [-0.39, 0.29) is 5.95 Å². The van der Waals surface area contributed by atoms with Gasteiger partial charge in [0.2, 0.25) is 0 Å². The molecule has 0 amide bonds. The quantitative estimate of drug-likeness (QED) is 0.632. The molecular weight excluding hydrogens is 308 g/mol. The van der Waals surface area contributed by atoms with Gasteiger partial charge in [-0.25, -0.2) is 0 Å². The summed E-state index contributed by atoms with van der Waals surface area (Å²) in [6.07, 6.45) is 15.8. The molecular formula is C23H34O2. The standard InChI is InChI=1S/C23H34O2/c1-22-11-3-4-19(22)18-8-7-16-6-5-15(17-10-13-25-21(17)24)14-23(16,2)20(18)9-12-22/h10,13,15-16,18-20,24H,3-9,11-12,14H2,1-2H3/t15?,16?,18-,19-,20+,22-,23-/m0/s1. The van der Waals surface area contributed by atoms with Gasteiger partial charge in [-0.15, -0.1) is 0 Å². The van der Waals surface area contributed by atoms with Gasteiger partial charge in [0.1, 0.15) is 0 Å². The molecule has 25 heavy (non-hydrogen) atoms. The minimum absolute atomic E-state index is 0.173. The molecule has 1 aromatic rings. The van der Waals surface area contributed by atoms with E-state index in [1.54, 1.807) is 6.26 Å². The van der Waals surface area contributed by atoms with Crippen molar-refractivity contribution in [3.05, 3.63) is 17.9 Å². The molecule has 1 heterocycles. The van der Waals surface area contributed by atoms with Crippen LogP contribution in [-0.4, -0.2) is 5.11 Å². The Morgan fingerprint density at radius 1 is 1.00 bits per heavy atom. The predicted molar refractivity (Wildman–Crippen MR) is 99.5 cm³/mol. The molecule has 4 fully saturated rings. The second-order valence-electron chi connectivity index (χ2n) is 10.4. The van der Waals surface area contributed by atoms with Crippen LogP contribution >= 0.6 is 0 Å². The summed E-state index contributed by atoms with van der Waals surface area (Å²) in [6, 6.07) is 2.01. The lowest BCUT2D eigenvalue weighted by Gasteiger charge is -2.61. The summed E-state index contributed by atoms with van der Waals surface area (Å²) in [6.45, 7) is 5.22. The molecule has 4 saturated carbocycles. The summed E-state index contributed by atoms with van der Waals surface area (Å²) in [4.78, 5) is 0. The maximum atomic E-state index is 10.1. The smallest absolute Gasteiger partial charge is 0.285 e. The Morgan fingerprint density at radius 3 is 2.64 bits per heavy atom. The fraction of sp³-hybridized carbons (Fsp3) is 0.826. The summed E-state index contributed by atoms with van der Waals surface area (Å²) < 4.78 is 5.22. The van der Waals surface area contributed by atoms with Crippen LogP contribution < -0.4 is 0 Å². The van der Waals surface area contributed by atoms with Gasteiger partial charge in [-0.1, -0.05) is 20.3 Å². The van der Waals surface area contributed by atoms with E-state index >= 15 is 0 Å². The molecule has 1 N–H and O–H groups in total. The second-order valence-corrected chi connectivity index (χ2v) is 10.4. The van der Waals surface area contributed by atoms with Gasteiger partial charge in [0, 0.05) is 5.56 Å². The fourth-order valence-electron chi connectivity index (χ4n) is 8.24. The number of hydrogen-bond acceptors (Lipinski definition) is 2. The molecule has 4 aliphatic rings. The van der Waals surface area contributed by atoms with Crippen LogP contribution in [0, 0.1) is 34.5 Å². The number of aromatic hydroxyl groups is 1. The van der Waals surface area contributed by atoms with Gasteiger partial charge in [-0.05, 0) is 104 Å². The van der Waals surface area contributed by atoms with Crippen molar-refractivity contribution in [3.8, 4) is 5.95 Å². The van der Waals surface area contributed by atoms with Crippen molar-refractivity contribution in [1.82, 2.24) is 0 Å². The van der Waals surface area contributed by atoms with Crippen LogP contribution in [0.5, 0.6) is 5.95 Å². The third kappa shape index (κ3) is 2.28. The van der Waals surface area contributed by atoms with Crippen molar-refractivity contribution in [1.29, 1.82) is 0 Å². The van der Waals surface area contributed by atoms with Gasteiger partial charge in [0.15, 0.2) is 0 Å². The van der Waals surface area contributed by atoms with Crippen molar-refractivity contribution >= 4 is 0 Å². The largest absolute Gasteiger partial charge is 0.481 e. The summed E-state index contributed by atoms with van der Waals surface area (Å²) in [5, 5.41) is 10.1. The molecule has 4 aliphatic carbocycles.